The lowest BCUT2D eigenvalue weighted by Crippen LogP contribution is -2.41. The second-order valence-electron chi connectivity index (χ2n) is 3.03. The summed E-state index contributed by atoms with van der Waals surface area (Å²) in [7, 11) is 0. The van der Waals surface area contributed by atoms with E-state index in [2.05, 4.69) is 20.8 Å². The fraction of sp³-hybridized carbons (Fsp3) is 0.750. The van der Waals surface area contributed by atoms with Crippen LogP contribution in [-0.2, 0) is 14.2 Å². The Bertz CT molecular complexity index is 248. The molecular formula is C8H10F4O3. The molecule has 0 radical (unpaired) electrons. The van der Waals surface area contributed by atoms with Gasteiger partial charge in [-0.15, -0.1) is 0 Å². The lowest BCUT2D eigenvalue weighted by molar-refractivity contribution is -0.267. The van der Waals surface area contributed by atoms with E-state index in [1.807, 2.05) is 0 Å². The minimum Gasteiger partial charge on any atom is -0.458 e. The molecule has 0 saturated carbocycles. The third-order valence-corrected chi connectivity index (χ3v) is 1.66. The summed E-state index contributed by atoms with van der Waals surface area (Å²) in [5, 5.41) is 0. The molecule has 1 aliphatic rings. The monoisotopic (exact) mass is 230 g/mol. The molecular weight excluding hydrogens is 220 g/mol. The summed E-state index contributed by atoms with van der Waals surface area (Å²) < 4.78 is 63.7. The third kappa shape index (κ3) is 2.74. The lowest BCUT2D eigenvalue weighted by atomic mass is 10.3. The fourth-order valence-electron chi connectivity index (χ4n) is 0.863. The summed E-state index contributed by atoms with van der Waals surface area (Å²) in [5.74, 6) is -3.41. The molecule has 0 bridgehead atoms. The van der Waals surface area contributed by atoms with Gasteiger partial charge >= 0.3 is 5.85 Å². The molecule has 0 amide bonds. The molecule has 0 spiro atoms. The average molecular weight is 230 g/mol. The average Bonchev–Trinajstić information content (AvgIpc) is 2.47. The van der Waals surface area contributed by atoms with Crippen molar-refractivity contribution in [1.29, 1.82) is 0 Å². The molecule has 3 nitrogen and oxygen atoms in total. The summed E-state index contributed by atoms with van der Waals surface area (Å²) in [6, 6.07) is 0. The maximum atomic E-state index is 13.4. The van der Waals surface area contributed by atoms with Gasteiger partial charge in [0.1, 0.15) is 0 Å². The molecule has 1 heterocycles. The van der Waals surface area contributed by atoms with Crippen LogP contribution >= 0.6 is 0 Å². The maximum Gasteiger partial charge on any atom is 0.340 e. The maximum absolute atomic E-state index is 13.4. The van der Waals surface area contributed by atoms with Crippen LogP contribution in [0.25, 0.3) is 0 Å². The van der Waals surface area contributed by atoms with Gasteiger partial charge in [0, 0.05) is 0 Å². The van der Waals surface area contributed by atoms with Gasteiger partial charge in [-0.3, -0.25) is 0 Å². The molecule has 0 aliphatic carbocycles. The van der Waals surface area contributed by atoms with Crippen LogP contribution in [0.15, 0.2) is 12.5 Å². The minimum absolute atomic E-state index is 0.438. The smallest absolute Gasteiger partial charge is 0.340 e. The molecule has 7 heteroatoms. The van der Waals surface area contributed by atoms with Crippen LogP contribution in [0.1, 0.15) is 6.92 Å². The molecule has 0 N–H and O–H groups in total. The molecule has 0 aromatic carbocycles. The summed E-state index contributed by atoms with van der Waals surface area (Å²) in [4.78, 5) is 0. The first kappa shape index (κ1) is 12.1. The highest BCUT2D eigenvalue weighted by molar-refractivity contribution is 4.87. The van der Waals surface area contributed by atoms with Gasteiger partial charge in [-0.05, 0) is 13.5 Å². The summed E-state index contributed by atoms with van der Waals surface area (Å²) in [5.41, 5.74) is 0. The van der Waals surface area contributed by atoms with Crippen molar-refractivity contribution in [2.24, 2.45) is 0 Å². The summed E-state index contributed by atoms with van der Waals surface area (Å²) >= 11 is 0. The van der Waals surface area contributed by atoms with Gasteiger partial charge in [0.15, 0.2) is 12.8 Å². The van der Waals surface area contributed by atoms with Gasteiger partial charge in [-0.25, -0.2) is 13.2 Å². The molecule has 4 atom stereocenters. The Balaban J connectivity index is 2.53. The zero-order valence-corrected chi connectivity index (χ0v) is 7.88. The predicted molar refractivity (Wildman–Crippen MR) is 41.5 cm³/mol. The quantitative estimate of drug-likeness (QED) is 0.692. The van der Waals surface area contributed by atoms with E-state index in [0.717, 1.165) is 6.92 Å². The highest BCUT2D eigenvalue weighted by Gasteiger charge is 2.50. The van der Waals surface area contributed by atoms with Gasteiger partial charge in [0.2, 0.25) is 6.36 Å². The van der Waals surface area contributed by atoms with Gasteiger partial charge in [-0.2, -0.15) is 4.39 Å². The molecule has 1 rings (SSSR count). The normalized spacial score (nSPS) is 31.7. The first-order valence-corrected chi connectivity index (χ1v) is 4.12. The van der Waals surface area contributed by atoms with Crippen molar-refractivity contribution in [3.8, 4) is 0 Å². The predicted octanol–water partition coefficient (Wildman–Crippen LogP) is 2.14. The van der Waals surface area contributed by atoms with E-state index in [-0.39, 0.29) is 0 Å². The van der Waals surface area contributed by atoms with Crippen LogP contribution in [0.5, 0.6) is 0 Å². The van der Waals surface area contributed by atoms with E-state index >= 15 is 0 Å². The van der Waals surface area contributed by atoms with Gasteiger partial charge in [0.25, 0.3) is 12.3 Å². The molecule has 1 aliphatic heterocycles. The van der Waals surface area contributed by atoms with Crippen molar-refractivity contribution >= 4 is 0 Å². The van der Waals surface area contributed by atoms with Crippen LogP contribution in [-0.4, -0.2) is 31.3 Å². The van der Waals surface area contributed by atoms with Crippen LogP contribution in [0.2, 0.25) is 0 Å². The molecule has 1 fully saturated rings. The fourth-order valence-corrected chi connectivity index (χ4v) is 0.863. The van der Waals surface area contributed by atoms with Crippen molar-refractivity contribution in [1.82, 2.24) is 0 Å². The molecule has 0 aromatic heterocycles. The Morgan fingerprint density at radius 1 is 1.47 bits per heavy atom. The zero-order valence-electron chi connectivity index (χ0n) is 7.88. The second-order valence-corrected chi connectivity index (χ2v) is 3.03. The number of ether oxygens (including phenoxy) is 3. The van der Waals surface area contributed by atoms with E-state index in [9.17, 15) is 17.6 Å². The van der Waals surface area contributed by atoms with E-state index in [1.54, 1.807) is 0 Å². The number of alkyl halides is 4. The Labute approximate surface area is 83.6 Å². The molecule has 15 heavy (non-hydrogen) atoms. The topological polar surface area (TPSA) is 27.7 Å². The van der Waals surface area contributed by atoms with Crippen LogP contribution in [0.3, 0.4) is 0 Å². The van der Waals surface area contributed by atoms with Crippen LogP contribution in [0.4, 0.5) is 17.6 Å². The number of halogens is 4. The van der Waals surface area contributed by atoms with Gasteiger partial charge < -0.3 is 14.2 Å². The Morgan fingerprint density at radius 2 is 2.07 bits per heavy atom. The first-order chi connectivity index (χ1) is 6.85. The largest absolute Gasteiger partial charge is 0.458 e. The molecule has 88 valence electrons. The highest BCUT2D eigenvalue weighted by Crippen LogP contribution is 2.33. The van der Waals surface area contributed by atoms with Crippen molar-refractivity contribution in [3.63, 3.8) is 0 Å². The first-order valence-electron chi connectivity index (χ1n) is 4.12. The van der Waals surface area contributed by atoms with E-state index < -0.39 is 37.3 Å². The van der Waals surface area contributed by atoms with E-state index in [1.165, 1.54) is 0 Å². The molecule has 0 aromatic rings. The van der Waals surface area contributed by atoms with Gasteiger partial charge in [0.05, 0.1) is 0 Å². The number of hydrogen-bond acceptors (Lipinski definition) is 3. The SMILES string of the molecule is C=C1OCC(F)(C(F)OC(F)C(C)F)O1. The lowest BCUT2D eigenvalue weighted by Gasteiger charge is -2.22. The van der Waals surface area contributed by atoms with Crippen molar-refractivity contribution in [3.05, 3.63) is 12.5 Å². The standard InChI is InChI=1S/C8H10F4O3/c1-4(9)6(10)14-7(11)8(12)3-13-5(2)15-8/h4,6-7H,2-3H2,1H3. The Kier molecular flexibility index (Phi) is 3.43. The van der Waals surface area contributed by atoms with E-state index in [4.69, 9.17) is 0 Å². The molecule has 4 unspecified atom stereocenters. The van der Waals surface area contributed by atoms with Crippen molar-refractivity contribution in [2.45, 2.75) is 31.7 Å². The highest BCUT2D eigenvalue weighted by atomic mass is 19.2. The summed E-state index contributed by atoms with van der Waals surface area (Å²) in [6.07, 6.45) is -7.42. The second kappa shape index (κ2) is 4.26. The zero-order chi connectivity index (χ0) is 11.6. The number of hydrogen-bond donors (Lipinski definition) is 0. The van der Waals surface area contributed by atoms with Crippen molar-refractivity contribution in [2.75, 3.05) is 6.61 Å². The Hall–Kier alpha value is -0.980. The third-order valence-electron chi connectivity index (χ3n) is 1.66. The summed E-state index contributed by atoms with van der Waals surface area (Å²) in [6.45, 7) is 3.07. The van der Waals surface area contributed by atoms with Crippen molar-refractivity contribution < 1.29 is 31.8 Å². The van der Waals surface area contributed by atoms with Gasteiger partial charge in [-0.1, -0.05) is 0 Å². The Morgan fingerprint density at radius 3 is 2.47 bits per heavy atom. The minimum atomic E-state index is -2.98. The van der Waals surface area contributed by atoms with Crippen LogP contribution < -0.4 is 0 Å². The molecule has 1 saturated heterocycles. The number of rotatable bonds is 4. The van der Waals surface area contributed by atoms with E-state index in [0.29, 0.717) is 0 Å². The van der Waals surface area contributed by atoms with Crippen LogP contribution in [0, 0.1) is 0 Å².